The predicted molar refractivity (Wildman–Crippen MR) is 101 cm³/mol. The second-order valence-corrected chi connectivity index (χ2v) is 6.77. The number of aromatic nitrogens is 2. The summed E-state index contributed by atoms with van der Waals surface area (Å²) >= 11 is 0. The summed E-state index contributed by atoms with van der Waals surface area (Å²) in [6, 6.07) is 6.10. The largest absolute Gasteiger partial charge is 0.462 e. The fraction of sp³-hybridized carbons (Fsp3) is 0.300. The molecule has 30 heavy (non-hydrogen) atoms. The number of carbonyl (C=O) groups is 2. The summed E-state index contributed by atoms with van der Waals surface area (Å²) in [7, 11) is 0. The van der Waals surface area contributed by atoms with E-state index in [0.29, 0.717) is 5.69 Å². The zero-order chi connectivity index (χ0) is 22.1. The van der Waals surface area contributed by atoms with Crippen molar-refractivity contribution < 1.29 is 32.0 Å². The van der Waals surface area contributed by atoms with Crippen molar-refractivity contribution in [2.24, 2.45) is 0 Å². The Balaban J connectivity index is 2.05. The number of alkyl halides is 3. The van der Waals surface area contributed by atoms with Crippen molar-refractivity contribution in [3.8, 4) is 11.3 Å². The molecule has 0 spiro atoms. The number of benzene rings is 1. The number of carbonyl (C=O) groups excluding carboxylic acids is 2. The van der Waals surface area contributed by atoms with E-state index in [2.05, 4.69) is 15.5 Å². The van der Waals surface area contributed by atoms with Gasteiger partial charge in [0.15, 0.2) is 0 Å². The van der Waals surface area contributed by atoms with Gasteiger partial charge < -0.3 is 14.6 Å². The molecule has 0 aliphatic carbocycles. The summed E-state index contributed by atoms with van der Waals surface area (Å²) in [5, 5.41) is 6.40. The van der Waals surface area contributed by atoms with Crippen LogP contribution in [0.5, 0.6) is 0 Å². The number of esters is 1. The van der Waals surface area contributed by atoms with Crippen molar-refractivity contribution in [3.05, 3.63) is 47.2 Å². The molecule has 0 aliphatic heterocycles. The molecule has 2 aromatic heterocycles. The van der Waals surface area contributed by atoms with Gasteiger partial charge in [-0.3, -0.25) is 9.59 Å². The van der Waals surface area contributed by atoms with Crippen LogP contribution in [-0.4, -0.2) is 34.7 Å². The first-order chi connectivity index (χ1) is 14.1. The van der Waals surface area contributed by atoms with Gasteiger partial charge in [0, 0.05) is 5.56 Å². The number of aryl methyl sites for hydroxylation is 1. The van der Waals surface area contributed by atoms with E-state index in [0.717, 1.165) is 6.07 Å². The lowest BCUT2D eigenvalue weighted by Gasteiger charge is -2.13. The van der Waals surface area contributed by atoms with E-state index < -0.39 is 30.2 Å². The van der Waals surface area contributed by atoms with Gasteiger partial charge in [0.1, 0.15) is 6.54 Å². The minimum absolute atomic E-state index is 0.0110. The predicted octanol–water partition coefficient (Wildman–Crippen LogP) is 3.90. The highest BCUT2D eigenvalue weighted by Crippen LogP contribution is 2.37. The quantitative estimate of drug-likeness (QED) is 0.628. The smallest absolute Gasteiger partial charge is 0.417 e. The first-order valence-electron chi connectivity index (χ1n) is 8.99. The lowest BCUT2D eigenvalue weighted by atomic mass is 10.0. The van der Waals surface area contributed by atoms with Gasteiger partial charge in [-0.25, -0.2) is 4.98 Å². The third kappa shape index (κ3) is 4.42. The molecule has 10 heteroatoms. The molecule has 1 N–H and O–H groups in total. The maximum atomic E-state index is 13.4. The molecule has 0 bridgehead atoms. The van der Waals surface area contributed by atoms with Crippen LogP contribution in [0.25, 0.3) is 22.4 Å². The van der Waals surface area contributed by atoms with Gasteiger partial charge in [-0.15, -0.1) is 0 Å². The Morgan fingerprint density at radius 1 is 1.23 bits per heavy atom. The number of nitrogens with one attached hydrogen (secondary N) is 1. The normalized spacial score (nSPS) is 11.7. The molecule has 0 atom stereocenters. The van der Waals surface area contributed by atoms with Gasteiger partial charge in [0.05, 0.1) is 34.0 Å². The molecule has 0 saturated carbocycles. The molecule has 0 aliphatic rings. The van der Waals surface area contributed by atoms with Crippen LogP contribution >= 0.6 is 0 Å². The van der Waals surface area contributed by atoms with E-state index in [1.165, 1.54) is 24.3 Å². The average molecular weight is 421 g/mol. The zero-order valence-corrected chi connectivity index (χ0v) is 16.3. The van der Waals surface area contributed by atoms with Gasteiger partial charge in [-0.05, 0) is 32.9 Å². The number of rotatable bonds is 5. The summed E-state index contributed by atoms with van der Waals surface area (Å²) in [6.07, 6.45) is -4.97. The summed E-state index contributed by atoms with van der Waals surface area (Å²) in [5.41, 5.74) is -0.987. The van der Waals surface area contributed by atoms with Gasteiger partial charge in [-0.1, -0.05) is 23.4 Å². The summed E-state index contributed by atoms with van der Waals surface area (Å²) in [5.74, 6) is -1.34. The topological polar surface area (TPSA) is 94.3 Å². The van der Waals surface area contributed by atoms with Crippen molar-refractivity contribution in [1.29, 1.82) is 0 Å². The van der Waals surface area contributed by atoms with Crippen molar-refractivity contribution >= 4 is 23.0 Å². The number of ether oxygens (including phenoxy) is 1. The molecular weight excluding hydrogens is 403 g/mol. The number of amides is 1. The Kier molecular flexibility index (Phi) is 5.77. The van der Waals surface area contributed by atoms with Crippen LogP contribution in [0.15, 0.2) is 34.9 Å². The molecular formula is C20H18F3N3O4. The third-order valence-electron chi connectivity index (χ3n) is 4.13. The number of halogens is 3. The maximum absolute atomic E-state index is 13.4. The second-order valence-electron chi connectivity index (χ2n) is 6.77. The Hall–Kier alpha value is -3.43. The number of fused-ring (bicyclic) bond motifs is 1. The van der Waals surface area contributed by atoms with Gasteiger partial charge in [0.25, 0.3) is 11.6 Å². The number of hydrogen-bond donors (Lipinski definition) is 1. The molecule has 2 heterocycles. The van der Waals surface area contributed by atoms with Crippen LogP contribution in [0, 0.1) is 6.92 Å². The molecule has 3 aromatic rings. The fourth-order valence-corrected chi connectivity index (χ4v) is 2.92. The van der Waals surface area contributed by atoms with Crippen LogP contribution in [0.3, 0.4) is 0 Å². The lowest BCUT2D eigenvalue weighted by Crippen LogP contribution is -2.32. The summed E-state index contributed by atoms with van der Waals surface area (Å²) in [4.78, 5) is 28.6. The molecule has 0 fully saturated rings. The van der Waals surface area contributed by atoms with Crippen molar-refractivity contribution in [2.45, 2.75) is 33.1 Å². The highest BCUT2D eigenvalue weighted by atomic mass is 19.4. The molecule has 0 unspecified atom stereocenters. The molecule has 0 saturated heterocycles. The van der Waals surface area contributed by atoms with Crippen LogP contribution in [0.2, 0.25) is 0 Å². The monoisotopic (exact) mass is 421 g/mol. The van der Waals surface area contributed by atoms with E-state index in [1.807, 2.05) is 0 Å². The number of nitrogens with zero attached hydrogens (tertiary/aromatic N) is 2. The van der Waals surface area contributed by atoms with E-state index in [1.54, 1.807) is 20.8 Å². The second kappa shape index (κ2) is 8.13. The van der Waals surface area contributed by atoms with E-state index in [9.17, 15) is 22.8 Å². The highest BCUT2D eigenvalue weighted by Gasteiger charge is 2.34. The third-order valence-corrected chi connectivity index (χ3v) is 4.13. The first kappa shape index (κ1) is 21.3. The Morgan fingerprint density at radius 3 is 2.60 bits per heavy atom. The van der Waals surface area contributed by atoms with Gasteiger partial charge >= 0.3 is 12.1 Å². The Labute approximate surface area is 169 Å². The van der Waals surface area contributed by atoms with Crippen molar-refractivity contribution in [3.63, 3.8) is 0 Å². The van der Waals surface area contributed by atoms with Crippen LogP contribution < -0.4 is 5.32 Å². The standard InChI is InChI=1S/C20H18F3N3O4/c1-10(2)29-16(27)9-24-18(28)13-8-15(25-19-17(13)11(3)26-30-19)12-6-4-5-7-14(12)20(21,22)23/h4-8,10H,9H2,1-3H3,(H,24,28). The molecule has 0 radical (unpaired) electrons. The maximum Gasteiger partial charge on any atom is 0.417 e. The minimum atomic E-state index is -4.62. The van der Waals surface area contributed by atoms with Crippen LogP contribution in [0.4, 0.5) is 13.2 Å². The average Bonchev–Trinajstić information content (AvgIpc) is 3.05. The number of pyridine rings is 1. The fourth-order valence-electron chi connectivity index (χ4n) is 2.92. The molecule has 1 aromatic carbocycles. The van der Waals surface area contributed by atoms with Crippen LogP contribution in [0.1, 0.15) is 35.5 Å². The lowest BCUT2D eigenvalue weighted by molar-refractivity contribution is -0.146. The molecule has 7 nitrogen and oxygen atoms in total. The number of hydrogen-bond acceptors (Lipinski definition) is 6. The molecule has 158 valence electrons. The van der Waals surface area contributed by atoms with Gasteiger partial charge in [0.2, 0.25) is 0 Å². The first-order valence-corrected chi connectivity index (χ1v) is 8.99. The van der Waals surface area contributed by atoms with Crippen LogP contribution in [-0.2, 0) is 15.7 Å². The Bertz CT molecular complexity index is 1110. The summed E-state index contributed by atoms with van der Waals surface area (Å²) < 4.78 is 50.3. The van der Waals surface area contributed by atoms with E-state index >= 15 is 0 Å². The Morgan fingerprint density at radius 2 is 1.93 bits per heavy atom. The highest BCUT2D eigenvalue weighted by molar-refractivity contribution is 6.07. The van der Waals surface area contributed by atoms with Gasteiger partial charge in [-0.2, -0.15) is 13.2 Å². The van der Waals surface area contributed by atoms with E-state index in [-0.39, 0.29) is 34.0 Å². The molecule has 3 rings (SSSR count). The van der Waals surface area contributed by atoms with E-state index in [4.69, 9.17) is 9.26 Å². The SMILES string of the molecule is Cc1noc2nc(-c3ccccc3C(F)(F)F)cc(C(=O)NCC(=O)OC(C)C)c12. The molecule has 1 amide bonds. The van der Waals surface area contributed by atoms with Crippen molar-refractivity contribution in [1.82, 2.24) is 15.5 Å². The van der Waals surface area contributed by atoms with Crippen molar-refractivity contribution in [2.75, 3.05) is 6.54 Å². The summed E-state index contributed by atoms with van der Waals surface area (Å²) in [6.45, 7) is 4.49. The zero-order valence-electron chi connectivity index (χ0n) is 16.3. The minimum Gasteiger partial charge on any atom is -0.462 e.